The van der Waals surface area contributed by atoms with Crippen LogP contribution in [-0.4, -0.2) is 53.4 Å². The molecule has 0 spiro atoms. The third-order valence-corrected chi connectivity index (χ3v) is 5.23. The first-order valence-corrected chi connectivity index (χ1v) is 11.2. The van der Waals surface area contributed by atoms with Crippen LogP contribution < -0.4 is 16.4 Å². The minimum absolute atomic E-state index is 0.158. The van der Waals surface area contributed by atoms with Gasteiger partial charge in [0.2, 0.25) is 5.91 Å². The summed E-state index contributed by atoms with van der Waals surface area (Å²) in [6.45, 7) is 3.21. The van der Waals surface area contributed by atoms with Crippen molar-refractivity contribution in [2.45, 2.75) is 26.2 Å². The van der Waals surface area contributed by atoms with Crippen molar-refractivity contribution >= 4 is 41.2 Å². The predicted molar refractivity (Wildman–Crippen MR) is 132 cm³/mol. The number of para-hydroxylation sites is 1. The molecule has 5 N–H and O–H groups in total. The highest BCUT2D eigenvalue weighted by Gasteiger charge is 2.21. The molecule has 2 aromatic rings. The van der Waals surface area contributed by atoms with Crippen LogP contribution in [0.25, 0.3) is 6.08 Å². The number of nitrogens with two attached hydrogens (primary N) is 1. The van der Waals surface area contributed by atoms with Crippen molar-refractivity contribution in [1.29, 1.82) is 0 Å². The zero-order valence-electron chi connectivity index (χ0n) is 19.1. The van der Waals surface area contributed by atoms with Gasteiger partial charge in [-0.25, -0.2) is 9.79 Å². The van der Waals surface area contributed by atoms with Crippen LogP contribution in [0.4, 0.5) is 16.2 Å². The van der Waals surface area contributed by atoms with E-state index in [1.807, 2.05) is 25.1 Å². The molecular formula is C25H29N5O4. The second-order valence-corrected chi connectivity index (χ2v) is 7.92. The Labute approximate surface area is 198 Å². The van der Waals surface area contributed by atoms with E-state index in [2.05, 4.69) is 15.6 Å². The fourth-order valence-corrected chi connectivity index (χ4v) is 3.65. The van der Waals surface area contributed by atoms with E-state index >= 15 is 0 Å². The molecule has 178 valence electrons. The number of benzene rings is 2. The average Bonchev–Trinajstić information content (AvgIpc) is 2.98. The number of hydrogen-bond acceptors (Lipinski definition) is 5. The van der Waals surface area contributed by atoms with E-state index in [1.165, 1.54) is 0 Å². The Bertz CT molecular complexity index is 1110. The van der Waals surface area contributed by atoms with Crippen LogP contribution in [0.3, 0.4) is 0 Å². The first kappa shape index (κ1) is 24.5. The van der Waals surface area contributed by atoms with Gasteiger partial charge in [-0.1, -0.05) is 31.2 Å². The number of carbonyl (C=O) groups is 3. The molecule has 9 heteroatoms. The summed E-state index contributed by atoms with van der Waals surface area (Å²) in [6.07, 6.45) is 2.14. The second-order valence-electron chi connectivity index (χ2n) is 7.92. The Kier molecular flexibility index (Phi) is 8.39. The van der Waals surface area contributed by atoms with E-state index in [0.717, 1.165) is 6.42 Å². The lowest BCUT2D eigenvalue weighted by Gasteiger charge is -2.23. The van der Waals surface area contributed by atoms with Gasteiger partial charge in [0, 0.05) is 48.4 Å². The molecule has 34 heavy (non-hydrogen) atoms. The van der Waals surface area contributed by atoms with Gasteiger partial charge in [-0.15, -0.1) is 0 Å². The maximum Gasteiger partial charge on any atom is 0.404 e. The molecule has 1 heterocycles. The van der Waals surface area contributed by atoms with Gasteiger partial charge in [-0.05, 0) is 43.2 Å². The highest BCUT2D eigenvalue weighted by Crippen LogP contribution is 2.28. The number of carboxylic acid groups (broad SMARTS) is 1. The molecule has 3 amide bonds. The number of amides is 3. The highest BCUT2D eigenvalue weighted by molar-refractivity contribution is 6.07. The molecule has 0 bridgehead atoms. The van der Waals surface area contributed by atoms with Crippen molar-refractivity contribution < 1.29 is 19.5 Å². The number of hydrogen-bond donors (Lipinski definition) is 4. The molecule has 0 saturated heterocycles. The average molecular weight is 464 g/mol. The Hall–Kier alpha value is -4.14. The molecule has 3 rings (SSSR count). The minimum atomic E-state index is -1.09. The largest absolute Gasteiger partial charge is 0.465 e. The molecule has 0 unspecified atom stereocenters. The topological polar surface area (TPSA) is 137 Å². The monoisotopic (exact) mass is 463 g/mol. The van der Waals surface area contributed by atoms with Gasteiger partial charge in [-0.3, -0.25) is 9.59 Å². The van der Waals surface area contributed by atoms with Crippen LogP contribution in [-0.2, 0) is 4.79 Å². The van der Waals surface area contributed by atoms with E-state index in [1.54, 1.807) is 41.3 Å². The number of fused-ring (bicyclic) bond motifs is 1. The number of aliphatic imine (C=N–C) groups is 1. The summed E-state index contributed by atoms with van der Waals surface area (Å²) in [5.41, 5.74) is 8.96. The van der Waals surface area contributed by atoms with Crippen molar-refractivity contribution in [3.05, 3.63) is 65.2 Å². The lowest BCUT2D eigenvalue weighted by Crippen LogP contribution is -2.36. The number of anilines is 1. The van der Waals surface area contributed by atoms with Gasteiger partial charge in [0.05, 0.1) is 5.69 Å². The number of carbonyl (C=O) groups excluding carboxylic acids is 2. The van der Waals surface area contributed by atoms with Gasteiger partial charge >= 0.3 is 6.09 Å². The Morgan fingerprint density at radius 2 is 1.88 bits per heavy atom. The second kappa shape index (κ2) is 11.6. The summed E-state index contributed by atoms with van der Waals surface area (Å²) < 4.78 is 0. The van der Waals surface area contributed by atoms with Crippen molar-refractivity contribution in [1.82, 2.24) is 10.2 Å². The van der Waals surface area contributed by atoms with Crippen molar-refractivity contribution in [2.75, 3.05) is 25.0 Å². The van der Waals surface area contributed by atoms with Gasteiger partial charge < -0.3 is 26.4 Å². The van der Waals surface area contributed by atoms with Crippen LogP contribution in [0.2, 0.25) is 0 Å². The number of rotatable bonds is 9. The third kappa shape index (κ3) is 6.68. The maximum atomic E-state index is 13.2. The molecule has 2 aromatic carbocycles. The molecule has 0 radical (unpaired) electrons. The van der Waals surface area contributed by atoms with Crippen LogP contribution >= 0.6 is 0 Å². The first-order chi connectivity index (χ1) is 16.4. The highest BCUT2D eigenvalue weighted by atomic mass is 16.4. The van der Waals surface area contributed by atoms with Gasteiger partial charge in [-0.2, -0.15) is 0 Å². The third-order valence-electron chi connectivity index (χ3n) is 5.23. The van der Waals surface area contributed by atoms with Crippen LogP contribution in [0, 0.1) is 0 Å². The van der Waals surface area contributed by atoms with Crippen molar-refractivity contribution in [2.24, 2.45) is 10.7 Å². The lowest BCUT2D eigenvalue weighted by atomic mass is 10.0. The van der Waals surface area contributed by atoms with E-state index in [4.69, 9.17) is 10.8 Å². The van der Waals surface area contributed by atoms with Crippen LogP contribution in [0.5, 0.6) is 0 Å². The van der Waals surface area contributed by atoms with Gasteiger partial charge in [0.1, 0.15) is 5.84 Å². The normalized spacial score (nSPS) is 12.5. The summed E-state index contributed by atoms with van der Waals surface area (Å²) in [4.78, 5) is 42.7. The minimum Gasteiger partial charge on any atom is -0.465 e. The van der Waals surface area contributed by atoms with Crippen LogP contribution in [0.1, 0.15) is 42.1 Å². The SMILES string of the molecule is CCCN(CCCNC(=O)O)C(=O)C1=Cc2ccc(C(=O)Nc3ccccc3)cc2N=C(N)C1. The molecule has 0 aliphatic carbocycles. The molecule has 1 aliphatic heterocycles. The quantitative estimate of drug-likeness (QED) is 0.421. The molecular weight excluding hydrogens is 434 g/mol. The zero-order valence-corrected chi connectivity index (χ0v) is 19.1. The van der Waals surface area contributed by atoms with Gasteiger partial charge in [0.25, 0.3) is 5.91 Å². The smallest absolute Gasteiger partial charge is 0.404 e. The van der Waals surface area contributed by atoms with Gasteiger partial charge in [0.15, 0.2) is 0 Å². The number of nitrogens with zero attached hydrogens (tertiary/aromatic N) is 2. The fraction of sp³-hybridized carbons (Fsp3) is 0.280. The number of nitrogens with one attached hydrogen (secondary N) is 2. The summed E-state index contributed by atoms with van der Waals surface area (Å²) in [6, 6.07) is 14.3. The molecule has 9 nitrogen and oxygen atoms in total. The first-order valence-electron chi connectivity index (χ1n) is 11.2. The Morgan fingerprint density at radius 1 is 1.12 bits per heavy atom. The molecule has 1 aliphatic rings. The maximum absolute atomic E-state index is 13.2. The fourth-order valence-electron chi connectivity index (χ4n) is 3.65. The zero-order chi connectivity index (χ0) is 24.5. The molecule has 0 saturated carbocycles. The molecule has 0 fully saturated rings. The van der Waals surface area contributed by atoms with E-state index in [-0.39, 0.29) is 30.6 Å². The van der Waals surface area contributed by atoms with E-state index < -0.39 is 6.09 Å². The Morgan fingerprint density at radius 3 is 2.59 bits per heavy atom. The number of amidine groups is 1. The van der Waals surface area contributed by atoms with Crippen molar-refractivity contribution in [3.63, 3.8) is 0 Å². The summed E-state index contributed by atoms with van der Waals surface area (Å²) >= 11 is 0. The molecule has 0 aromatic heterocycles. The standard InChI is InChI=1S/C25H29N5O4/c1-2-12-30(13-6-11-27-25(33)34)24(32)19-14-17-9-10-18(15-21(17)29-22(26)16-19)23(31)28-20-7-4-3-5-8-20/h3-5,7-10,14-15,27H,2,6,11-13,16H2,1H3,(H2,26,29)(H,28,31)(H,33,34). The van der Waals surface area contributed by atoms with Crippen LogP contribution in [0.15, 0.2) is 59.1 Å². The van der Waals surface area contributed by atoms with E-state index in [9.17, 15) is 14.4 Å². The lowest BCUT2D eigenvalue weighted by molar-refractivity contribution is -0.127. The summed E-state index contributed by atoms with van der Waals surface area (Å²) in [5.74, 6) is -0.145. The van der Waals surface area contributed by atoms with E-state index in [0.29, 0.717) is 47.6 Å². The summed E-state index contributed by atoms with van der Waals surface area (Å²) in [7, 11) is 0. The summed E-state index contributed by atoms with van der Waals surface area (Å²) in [5, 5.41) is 13.9. The Balaban J connectivity index is 1.78. The predicted octanol–water partition coefficient (Wildman–Crippen LogP) is 3.61. The molecule has 0 atom stereocenters. The van der Waals surface area contributed by atoms with Crippen molar-refractivity contribution in [3.8, 4) is 0 Å².